The maximum atomic E-state index is 12.2. The zero-order valence-electron chi connectivity index (χ0n) is 13.4. The summed E-state index contributed by atoms with van der Waals surface area (Å²) in [6.07, 6.45) is 2.40. The number of amides is 2. The van der Waals surface area contributed by atoms with Crippen LogP contribution in [-0.4, -0.2) is 36.5 Å². The van der Waals surface area contributed by atoms with E-state index in [1.807, 2.05) is 18.2 Å². The molecule has 0 atom stereocenters. The van der Waals surface area contributed by atoms with E-state index in [4.69, 9.17) is 9.15 Å². The number of carbonyl (C=O) groups excluding carboxylic acids is 2. The van der Waals surface area contributed by atoms with Gasteiger partial charge in [0, 0.05) is 13.1 Å². The Hall–Kier alpha value is -2.60. The zero-order valence-corrected chi connectivity index (χ0v) is 13.4. The van der Waals surface area contributed by atoms with E-state index in [2.05, 4.69) is 11.4 Å². The van der Waals surface area contributed by atoms with Crippen molar-refractivity contribution in [3.05, 3.63) is 59.5 Å². The highest BCUT2D eigenvalue weighted by atomic mass is 16.5. The summed E-state index contributed by atoms with van der Waals surface area (Å²) in [6, 6.07) is 11.7. The first-order chi connectivity index (χ1) is 11.7. The van der Waals surface area contributed by atoms with Crippen molar-refractivity contribution in [1.29, 1.82) is 0 Å². The van der Waals surface area contributed by atoms with Crippen LogP contribution in [-0.2, 0) is 33.8 Å². The molecular weight excluding hydrogens is 308 g/mol. The molecule has 1 aliphatic rings. The fourth-order valence-electron chi connectivity index (χ4n) is 2.68. The van der Waals surface area contributed by atoms with E-state index >= 15 is 0 Å². The fraction of sp³-hybridized carbons (Fsp3) is 0.333. The molecule has 0 saturated carbocycles. The van der Waals surface area contributed by atoms with Gasteiger partial charge in [0.1, 0.15) is 19.0 Å². The van der Waals surface area contributed by atoms with Gasteiger partial charge < -0.3 is 19.4 Å². The van der Waals surface area contributed by atoms with E-state index in [0.717, 1.165) is 6.42 Å². The number of rotatable bonds is 6. The Kier molecular flexibility index (Phi) is 5.28. The van der Waals surface area contributed by atoms with Crippen molar-refractivity contribution in [2.75, 3.05) is 19.8 Å². The standard InChI is InChI=1S/C18H20N2O4/c21-17(19-10-16-6-3-9-24-16)12-23-13-18(22)20-8-7-14-4-1-2-5-15(14)11-20/h1-6,9H,7-8,10-13H2,(H,19,21). The Bertz CT molecular complexity index is 697. The Balaban J connectivity index is 1.37. The summed E-state index contributed by atoms with van der Waals surface area (Å²) in [4.78, 5) is 25.6. The highest BCUT2D eigenvalue weighted by Crippen LogP contribution is 2.18. The van der Waals surface area contributed by atoms with Crippen LogP contribution in [0.25, 0.3) is 0 Å². The molecule has 0 aliphatic carbocycles. The summed E-state index contributed by atoms with van der Waals surface area (Å²) < 4.78 is 10.4. The molecule has 126 valence electrons. The van der Waals surface area contributed by atoms with Gasteiger partial charge in [0.2, 0.25) is 11.8 Å². The van der Waals surface area contributed by atoms with Gasteiger partial charge in [-0.3, -0.25) is 9.59 Å². The Morgan fingerprint density at radius 3 is 2.75 bits per heavy atom. The first kappa shape index (κ1) is 16.3. The van der Waals surface area contributed by atoms with Crippen molar-refractivity contribution in [2.24, 2.45) is 0 Å². The van der Waals surface area contributed by atoms with Gasteiger partial charge in [-0.05, 0) is 29.7 Å². The number of hydrogen-bond donors (Lipinski definition) is 1. The summed E-state index contributed by atoms with van der Waals surface area (Å²) in [5, 5.41) is 2.67. The van der Waals surface area contributed by atoms with Gasteiger partial charge in [-0.25, -0.2) is 0 Å². The Labute approximate surface area is 140 Å². The molecule has 0 bridgehead atoms. The molecule has 3 rings (SSSR count). The summed E-state index contributed by atoms with van der Waals surface area (Å²) in [5.41, 5.74) is 2.47. The normalized spacial score (nSPS) is 13.4. The SMILES string of the molecule is O=C(COCC(=O)N1CCc2ccccc2C1)NCc1ccco1. The quantitative estimate of drug-likeness (QED) is 0.872. The number of furan rings is 1. The number of nitrogens with zero attached hydrogens (tertiary/aromatic N) is 1. The molecule has 6 heteroatoms. The van der Waals surface area contributed by atoms with Gasteiger partial charge in [-0.1, -0.05) is 24.3 Å². The lowest BCUT2D eigenvalue weighted by molar-refractivity contribution is -0.139. The number of nitrogens with one attached hydrogen (secondary N) is 1. The molecule has 6 nitrogen and oxygen atoms in total. The molecule has 0 radical (unpaired) electrons. The van der Waals surface area contributed by atoms with Crippen LogP contribution in [0, 0.1) is 0 Å². The van der Waals surface area contributed by atoms with Crippen LogP contribution in [0.5, 0.6) is 0 Å². The number of benzene rings is 1. The molecule has 1 aromatic carbocycles. The van der Waals surface area contributed by atoms with Crippen LogP contribution in [0.2, 0.25) is 0 Å². The summed E-state index contributed by atoms with van der Waals surface area (Å²) >= 11 is 0. The third kappa shape index (κ3) is 4.23. The summed E-state index contributed by atoms with van der Waals surface area (Å²) in [5.74, 6) is 0.304. The van der Waals surface area contributed by atoms with Gasteiger partial charge in [-0.15, -0.1) is 0 Å². The number of ether oxygens (including phenoxy) is 1. The van der Waals surface area contributed by atoms with Crippen molar-refractivity contribution in [3.63, 3.8) is 0 Å². The van der Waals surface area contributed by atoms with Crippen LogP contribution in [0.15, 0.2) is 47.1 Å². The van der Waals surface area contributed by atoms with Crippen LogP contribution in [0.3, 0.4) is 0 Å². The predicted octanol–water partition coefficient (Wildman–Crippen LogP) is 1.50. The second-order valence-corrected chi connectivity index (χ2v) is 5.68. The lowest BCUT2D eigenvalue weighted by Gasteiger charge is -2.28. The first-order valence-electron chi connectivity index (χ1n) is 7.94. The van der Waals surface area contributed by atoms with Crippen molar-refractivity contribution in [2.45, 2.75) is 19.5 Å². The van der Waals surface area contributed by atoms with Crippen molar-refractivity contribution < 1.29 is 18.7 Å². The van der Waals surface area contributed by atoms with Crippen molar-refractivity contribution in [3.8, 4) is 0 Å². The second kappa shape index (κ2) is 7.79. The maximum absolute atomic E-state index is 12.2. The van der Waals surface area contributed by atoms with E-state index in [1.165, 1.54) is 11.1 Å². The smallest absolute Gasteiger partial charge is 0.248 e. The number of fused-ring (bicyclic) bond motifs is 1. The zero-order chi connectivity index (χ0) is 16.8. The summed E-state index contributed by atoms with van der Waals surface area (Å²) in [6.45, 7) is 1.37. The molecule has 2 heterocycles. The lowest BCUT2D eigenvalue weighted by Crippen LogP contribution is -2.39. The van der Waals surface area contributed by atoms with E-state index in [0.29, 0.717) is 25.4 Å². The third-order valence-electron chi connectivity index (χ3n) is 3.98. The predicted molar refractivity (Wildman–Crippen MR) is 86.9 cm³/mol. The monoisotopic (exact) mass is 328 g/mol. The van der Waals surface area contributed by atoms with Gasteiger partial charge in [0.05, 0.1) is 12.8 Å². The van der Waals surface area contributed by atoms with Gasteiger partial charge in [0.25, 0.3) is 0 Å². The molecular formula is C18H20N2O4. The van der Waals surface area contributed by atoms with E-state index in [-0.39, 0.29) is 25.0 Å². The van der Waals surface area contributed by atoms with Gasteiger partial charge >= 0.3 is 0 Å². The first-order valence-corrected chi connectivity index (χ1v) is 7.94. The second-order valence-electron chi connectivity index (χ2n) is 5.68. The molecule has 2 amide bonds. The average Bonchev–Trinajstić information content (AvgIpc) is 3.13. The third-order valence-corrected chi connectivity index (χ3v) is 3.98. The van der Waals surface area contributed by atoms with Crippen LogP contribution in [0.4, 0.5) is 0 Å². The van der Waals surface area contributed by atoms with Crippen molar-refractivity contribution >= 4 is 11.8 Å². The topological polar surface area (TPSA) is 71.8 Å². The molecule has 0 saturated heterocycles. The van der Waals surface area contributed by atoms with Gasteiger partial charge in [0.15, 0.2) is 0 Å². The number of carbonyl (C=O) groups is 2. The molecule has 2 aromatic rings. The Morgan fingerprint density at radius 2 is 1.96 bits per heavy atom. The largest absolute Gasteiger partial charge is 0.467 e. The minimum Gasteiger partial charge on any atom is -0.467 e. The molecule has 0 fully saturated rings. The fourth-order valence-corrected chi connectivity index (χ4v) is 2.68. The highest BCUT2D eigenvalue weighted by Gasteiger charge is 2.20. The maximum Gasteiger partial charge on any atom is 0.248 e. The van der Waals surface area contributed by atoms with E-state index < -0.39 is 0 Å². The van der Waals surface area contributed by atoms with Crippen molar-refractivity contribution in [1.82, 2.24) is 10.2 Å². The molecule has 0 unspecified atom stereocenters. The van der Waals surface area contributed by atoms with Crippen LogP contribution < -0.4 is 5.32 Å². The molecule has 1 aromatic heterocycles. The summed E-state index contributed by atoms with van der Waals surface area (Å²) in [7, 11) is 0. The molecule has 1 aliphatic heterocycles. The highest BCUT2D eigenvalue weighted by molar-refractivity contribution is 5.79. The minimum absolute atomic E-state index is 0.0870. The van der Waals surface area contributed by atoms with E-state index in [9.17, 15) is 9.59 Å². The molecule has 1 N–H and O–H groups in total. The average molecular weight is 328 g/mol. The molecule has 0 spiro atoms. The Morgan fingerprint density at radius 1 is 1.12 bits per heavy atom. The van der Waals surface area contributed by atoms with E-state index in [1.54, 1.807) is 23.3 Å². The van der Waals surface area contributed by atoms with Crippen LogP contribution in [0.1, 0.15) is 16.9 Å². The number of hydrogen-bond acceptors (Lipinski definition) is 4. The van der Waals surface area contributed by atoms with Gasteiger partial charge in [-0.2, -0.15) is 0 Å². The lowest BCUT2D eigenvalue weighted by atomic mass is 10.00. The minimum atomic E-state index is -0.275. The molecule has 24 heavy (non-hydrogen) atoms. The van der Waals surface area contributed by atoms with Crippen LogP contribution >= 0.6 is 0 Å².